The van der Waals surface area contributed by atoms with Gasteiger partial charge in [0.2, 0.25) is 0 Å². The van der Waals surface area contributed by atoms with Gasteiger partial charge in [0, 0.05) is 19.0 Å². The Balaban J connectivity index is 3.01. The van der Waals surface area contributed by atoms with Gasteiger partial charge in [-0.2, -0.15) is 0 Å². The van der Waals surface area contributed by atoms with Crippen LogP contribution in [0.1, 0.15) is 27.2 Å². The molecule has 0 amide bonds. The van der Waals surface area contributed by atoms with Crippen molar-refractivity contribution in [3.63, 3.8) is 0 Å². The van der Waals surface area contributed by atoms with Gasteiger partial charge in [-0.1, -0.05) is 20.4 Å². The lowest BCUT2D eigenvalue weighted by Crippen LogP contribution is -2.24. The van der Waals surface area contributed by atoms with E-state index in [9.17, 15) is 0 Å². The van der Waals surface area contributed by atoms with Crippen molar-refractivity contribution in [1.29, 1.82) is 0 Å². The van der Waals surface area contributed by atoms with Crippen LogP contribution in [0.15, 0.2) is 28.7 Å². The maximum atomic E-state index is 4.21. The van der Waals surface area contributed by atoms with E-state index >= 15 is 0 Å². The number of hydrogen-bond donors (Lipinski definition) is 0. The fourth-order valence-electron chi connectivity index (χ4n) is 1.64. The largest absolute Gasteiger partial charge is 0.333 e. The van der Waals surface area contributed by atoms with Crippen LogP contribution in [0.25, 0.3) is 0 Å². The molecule has 0 bridgehead atoms. The van der Waals surface area contributed by atoms with Gasteiger partial charge in [-0.25, -0.2) is 4.99 Å². The minimum absolute atomic E-state index is 0.577. The maximum Gasteiger partial charge on any atom is 0.125 e. The quantitative estimate of drug-likeness (QED) is 0.635. The van der Waals surface area contributed by atoms with Crippen molar-refractivity contribution in [3.8, 4) is 0 Å². The Hall–Kier alpha value is -1.05. The van der Waals surface area contributed by atoms with E-state index in [0.29, 0.717) is 5.92 Å². The fourth-order valence-corrected chi connectivity index (χ4v) is 1.64. The molecule has 0 aromatic heterocycles. The maximum absolute atomic E-state index is 4.21. The van der Waals surface area contributed by atoms with Gasteiger partial charge in [0.15, 0.2) is 0 Å². The molecule has 0 N–H and O–H groups in total. The molecule has 1 aliphatic rings. The highest BCUT2D eigenvalue weighted by molar-refractivity contribution is 5.81. The first kappa shape index (κ1) is 10.0. The number of rotatable bonds is 2. The molecule has 0 aromatic carbocycles. The van der Waals surface area contributed by atoms with Crippen molar-refractivity contribution in [2.45, 2.75) is 27.2 Å². The molecule has 1 atom stereocenters. The average Bonchev–Trinajstić information content (AvgIpc) is 2.12. The molecule has 0 saturated heterocycles. The molecular formula is C11H18N2. The van der Waals surface area contributed by atoms with Gasteiger partial charge in [0.05, 0.1) is 0 Å². The molecule has 0 aliphatic carbocycles. The van der Waals surface area contributed by atoms with Crippen molar-refractivity contribution in [2.75, 3.05) is 7.05 Å². The van der Waals surface area contributed by atoms with Gasteiger partial charge >= 0.3 is 0 Å². The zero-order chi connectivity index (χ0) is 10.0. The van der Waals surface area contributed by atoms with Crippen LogP contribution in [-0.2, 0) is 0 Å². The molecule has 0 fully saturated rings. The summed E-state index contributed by atoms with van der Waals surface area (Å²) in [6.07, 6.45) is 3.06. The molecule has 2 nitrogen and oxygen atoms in total. The van der Waals surface area contributed by atoms with Gasteiger partial charge in [-0.3, -0.25) is 0 Å². The molecule has 13 heavy (non-hydrogen) atoms. The smallest absolute Gasteiger partial charge is 0.125 e. The lowest BCUT2D eigenvalue weighted by molar-refractivity contribution is 0.422. The van der Waals surface area contributed by atoms with Crippen molar-refractivity contribution in [3.05, 3.63) is 23.7 Å². The van der Waals surface area contributed by atoms with Crippen LogP contribution in [0.4, 0.5) is 0 Å². The van der Waals surface area contributed by atoms with E-state index in [1.807, 2.05) is 13.3 Å². The standard InChI is InChI=1S/C11H18N2/c1-6-8(2)11-9(3)7-12-10(4)13(11)5/h7-8H,4,6H2,1-3,5H3/t8-/m1/s1. The van der Waals surface area contributed by atoms with Crippen molar-refractivity contribution < 1.29 is 0 Å². The molecule has 0 unspecified atom stereocenters. The summed E-state index contributed by atoms with van der Waals surface area (Å²) in [5, 5.41) is 0. The van der Waals surface area contributed by atoms with Crippen LogP contribution in [0.3, 0.4) is 0 Å². The highest BCUT2D eigenvalue weighted by atomic mass is 15.2. The SMILES string of the molecule is C=C1N=CC(C)=C([C@H](C)CC)N1C. The summed E-state index contributed by atoms with van der Waals surface area (Å²) in [6, 6.07) is 0. The van der Waals surface area contributed by atoms with E-state index in [0.717, 1.165) is 12.2 Å². The van der Waals surface area contributed by atoms with Crippen LogP contribution < -0.4 is 0 Å². The highest BCUT2D eigenvalue weighted by Crippen LogP contribution is 2.26. The number of allylic oxidation sites excluding steroid dienone is 2. The summed E-state index contributed by atoms with van der Waals surface area (Å²) in [7, 11) is 2.03. The monoisotopic (exact) mass is 178 g/mol. The predicted octanol–water partition coefficient (Wildman–Crippen LogP) is 2.79. The topological polar surface area (TPSA) is 15.6 Å². The third-order valence-electron chi connectivity index (χ3n) is 2.64. The first-order valence-corrected chi connectivity index (χ1v) is 4.75. The summed E-state index contributed by atoms with van der Waals surface area (Å²) in [5.41, 5.74) is 2.60. The number of nitrogens with zero attached hydrogens (tertiary/aromatic N) is 2. The third-order valence-corrected chi connectivity index (χ3v) is 2.64. The minimum atomic E-state index is 0.577. The van der Waals surface area contributed by atoms with E-state index in [1.54, 1.807) is 0 Å². The summed E-state index contributed by atoms with van der Waals surface area (Å²) < 4.78 is 0. The Morgan fingerprint density at radius 2 is 2.23 bits per heavy atom. The molecule has 0 saturated carbocycles. The minimum Gasteiger partial charge on any atom is -0.333 e. The molecule has 2 heteroatoms. The second-order valence-electron chi connectivity index (χ2n) is 3.61. The average molecular weight is 178 g/mol. The normalized spacial score (nSPS) is 19.7. The summed E-state index contributed by atoms with van der Waals surface area (Å²) in [4.78, 5) is 6.29. The van der Waals surface area contributed by atoms with Gasteiger partial charge < -0.3 is 4.90 Å². The van der Waals surface area contributed by atoms with Crippen LogP contribution in [0.2, 0.25) is 0 Å². The van der Waals surface area contributed by atoms with Crippen LogP contribution in [0, 0.1) is 5.92 Å². The lowest BCUT2D eigenvalue weighted by Gasteiger charge is -2.30. The number of aliphatic imine (C=N–C) groups is 1. The Morgan fingerprint density at radius 3 is 2.77 bits per heavy atom. The van der Waals surface area contributed by atoms with Crippen LogP contribution >= 0.6 is 0 Å². The molecule has 0 radical (unpaired) electrons. The second-order valence-corrected chi connectivity index (χ2v) is 3.61. The van der Waals surface area contributed by atoms with E-state index in [-0.39, 0.29) is 0 Å². The van der Waals surface area contributed by atoms with Gasteiger partial charge in [-0.05, 0) is 24.8 Å². The molecule has 0 spiro atoms. The molecule has 1 aliphatic heterocycles. The van der Waals surface area contributed by atoms with Gasteiger partial charge in [0.1, 0.15) is 5.82 Å². The first-order chi connectivity index (χ1) is 6.07. The number of hydrogen-bond acceptors (Lipinski definition) is 2. The molecule has 0 aromatic rings. The summed E-state index contributed by atoms with van der Waals surface area (Å²) in [5.74, 6) is 1.41. The fraction of sp³-hybridized carbons (Fsp3) is 0.545. The van der Waals surface area contributed by atoms with E-state index in [2.05, 4.69) is 37.2 Å². The molecule has 1 rings (SSSR count). The van der Waals surface area contributed by atoms with E-state index < -0.39 is 0 Å². The van der Waals surface area contributed by atoms with Crippen molar-refractivity contribution in [2.24, 2.45) is 10.9 Å². The van der Waals surface area contributed by atoms with Crippen LogP contribution in [-0.4, -0.2) is 18.2 Å². The van der Waals surface area contributed by atoms with Gasteiger partial charge in [-0.15, -0.1) is 0 Å². The zero-order valence-electron chi connectivity index (χ0n) is 8.96. The van der Waals surface area contributed by atoms with E-state index in [1.165, 1.54) is 11.3 Å². The highest BCUT2D eigenvalue weighted by Gasteiger charge is 2.18. The van der Waals surface area contributed by atoms with Gasteiger partial charge in [0.25, 0.3) is 0 Å². The molecular weight excluding hydrogens is 160 g/mol. The second kappa shape index (κ2) is 3.77. The first-order valence-electron chi connectivity index (χ1n) is 4.75. The van der Waals surface area contributed by atoms with Crippen molar-refractivity contribution in [1.82, 2.24) is 4.90 Å². The van der Waals surface area contributed by atoms with Crippen LogP contribution in [0.5, 0.6) is 0 Å². The Bertz CT molecular complexity index is 274. The summed E-state index contributed by atoms with van der Waals surface area (Å²) in [6.45, 7) is 10.4. The zero-order valence-corrected chi connectivity index (χ0v) is 8.96. The lowest BCUT2D eigenvalue weighted by atomic mass is 9.99. The van der Waals surface area contributed by atoms with E-state index in [4.69, 9.17) is 0 Å². The molecule has 72 valence electrons. The predicted molar refractivity (Wildman–Crippen MR) is 57.6 cm³/mol. The third kappa shape index (κ3) is 1.82. The summed E-state index contributed by atoms with van der Waals surface area (Å²) >= 11 is 0. The molecule has 1 heterocycles. The Labute approximate surface area is 80.7 Å². The Morgan fingerprint density at radius 1 is 1.62 bits per heavy atom. The Kier molecular flexibility index (Phi) is 2.91. The van der Waals surface area contributed by atoms with Crippen molar-refractivity contribution >= 4 is 6.21 Å².